The first-order valence-corrected chi connectivity index (χ1v) is 12.2. The van der Waals surface area contributed by atoms with Crippen LogP contribution in [0.25, 0.3) is 0 Å². The Morgan fingerprint density at radius 1 is 1.03 bits per heavy atom. The number of hydrogen-bond acceptors (Lipinski definition) is 4. The molecule has 1 N–H and O–H groups in total. The largest absolute Gasteiger partial charge is 0.379 e. The molecule has 1 amide bonds. The Bertz CT molecular complexity index is 987. The average molecular weight is 445 g/mol. The molecule has 31 heavy (non-hydrogen) atoms. The van der Waals surface area contributed by atoms with Gasteiger partial charge in [0, 0.05) is 18.7 Å². The van der Waals surface area contributed by atoms with Crippen LogP contribution < -0.4 is 5.32 Å². The third kappa shape index (κ3) is 6.15. The zero-order valence-electron chi connectivity index (χ0n) is 18.7. The summed E-state index contributed by atoms with van der Waals surface area (Å²) in [6, 6.07) is 14.9. The lowest BCUT2D eigenvalue weighted by atomic mass is 9.86. The van der Waals surface area contributed by atoms with Gasteiger partial charge in [-0.15, -0.1) is 0 Å². The zero-order chi connectivity index (χ0) is 22.6. The predicted octanol–water partition coefficient (Wildman–Crippen LogP) is 3.64. The molecule has 1 saturated heterocycles. The summed E-state index contributed by atoms with van der Waals surface area (Å²) in [5.41, 5.74) is 3.54. The smallest absolute Gasteiger partial charge is 0.251 e. The van der Waals surface area contributed by atoms with Crippen LogP contribution in [-0.2, 0) is 25.9 Å². The Labute approximate surface area is 185 Å². The van der Waals surface area contributed by atoms with E-state index < -0.39 is 10.0 Å². The molecule has 0 bridgehead atoms. The summed E-state index contributed by atoms with van der Waals surface area (Å²) in [5.74, 6) is -0.263. The van der Waals surface area contributed by atoms with Crippen LogP contribution in [-0.4, -0.2) is 44.9 Å². The molecular weight excluding hydrogens is 412 g/mol. The Balaban J connectivity index is 1.61. The van der Waals surface area contributed by atoms with Gasteiger partial charge in [0.25, 0.3) is 5.91 Å². The SMILES string of the molecule is C[C@@H](NC(=O)c1ccc(CS(=O)(=O)N2CCOCC2)cc1)c1ccc(C(C)(C)C)cc1. The van der Waals surface area contributed by atoms with Gasteiger partial charge in [0.2, 0.25) is 10.0 Å². The third-order valence-corrected chi connectivity index (χ3v) is 7.40. The van der Waals surface area contributed by atoms with Gasteiger partial charge in [-0.25, -0.2) is 8.42 Å². The second-order valence-electron chi connectivity index (χ2n) is 9.03. The molecule has 1 atom stereocenters. The Morgan fingerprint density at radius 3 is 2.16 bits per heavy atom. The van der Waals surface area contributed by atoms with Crippen LogP contribution in [0.3, 0.4) is 0 Å². The normalized spacial score (nSPS) is 16.6. The molecular formula is C24H32N2O4S. The molecule has 2 aromatic carbocycles. The van der Waals surface area contributed by atoms with Crippen LogP contribution in [0.15, 0.2) is 48.5 Å². The van der Waals surface area contributed by atoms with E-state index in [-0.39, 0.29) is 23.1 Å². The summed E-state index contributed by atoms with van der Waals surface area (Å²) in [7, 11) is -3.39. The lowest BCUT2D eigenvalue weighted by molar-refractivity contribution is 0.0729. The van der Waals surface area contributed by atoms with Crippen LogP contribution in [0.1, 0.15) is 60.8 Å². The molecule has 1 heterocycles. The highest BCUT2D eigenvalue weighted by Crippen LogP contribution is 2.24. The molecule has 1 aliphatic rings. The van der Waals surface area contributed by atoms with Gasteiger partial charge in [0.05, 0.1) is 25.0 Å². The number of sulfonamides is 1. The van der Waals surface area contributed by atoms with E-state index in [4.69, 9.17) is 4.74 Å². The molecule has 0 spiro atoms. The maximum absolute atomic E-state index is 12.6. The Hall–Kier alpha value is -2.22. The van der Waals surface area contributed by atoms with Crippen molar-refractivity contribution in [1.82, 2.24) is 9.62 Å². The molecule has 7 heteroatoms. The molecule has 0 radical (unpaired) electrons. The number of nitrogens with zero attached hydrogens (tertiary/aromatic N) is 1. The van der Waals surface area contributed by atoms with Crippen molar-refractivity contribution < 1.29 is 17.9 Å². The molecule has 0 aromatic heterocycles. The highest BCUT2D eigenvalue weighted by molar-refractivity contribution is 7.88. The third-order valence-electron chi connectivity index (χ3n) is 5.55. The van der Waals surface area contributed by atoms with Gasteiger partial charge in [-0.2, -0.15) is 4.31 Å². The molecule has 3 rings (SSSR count). The Morgan fingerprint density at radius 2 is 1.61 bits per heavy atom. The lowest BCUT2D eigenvalue weighted by Gasteiger charge is -2.26. The summed E-state index contributed by atoms with van der Waals surface area (Å²) in [6.45, 7) is 10.1. The van der Waals surface area contributed by atoms with Crippen molar-refractivity contribution in [2.24, 2.45) is 0 Å². The van der Waals surface area contributed by atoms with Gasteiger partial charge >= 0.3 is 0 Å². The quantitative estimate of drug-likeness (QED) is 0.738. The van der Waals surface area contributed by atoms with Crippen LogP contribution in [0.2, 0.25) is 0 Å². The fraction of sp³-hybridized carbons (Fsp3) is 0.458. The average Bonchev–Trinajstić information content (AvgIpc) is 2.74. The summed E-state index contributed by atoms with van der Waals surface area (Å²) in [5, 5.41) is 3.01. The second-order valence-corrected chi connectivity index (χ2v) is 11.0. The van der Waals surface area contributed by atoms with Crippen molar-refractivity contribution in [3.8, 4) is 0 Å². The van der Waals surface area contributed by atoms with Gasteiger partial charge in [0.15, 0.2) is 0 Å². The van der Waals surface area contributed by atoms with E-state index in [9.17, 15) is 13.2 Å². The second kappa shape index (κ2) is 9.51. The zero-order valence-corrected chi connectivity index (χ0v) is 19.5. The minimum atomic E-state index is -3.39. The number of rotatable bonds is 6. The highest BCUT2D eigenvalue weighted by atomic mass is 32.2. The van der Waals surface area contributed by atoms with E-state index in [2.05, 4.69) is 38.2 Å². The van der Waals surface area contributed by atoms with Crippen molar-refractivity contribution >= 4 is 15.9 Å². The van der Waals surface area contributed by atoms with E-state index in [0.717, 1.165) is 5.56 Å². The molecule has 1 fully saturated rings. The maximum Gasteiger partial charge on any atom is 0.251 e. The standard InChI is InChI=1S/C24H32N2O4S/c1-18(20-9-11-22(12-10-20)24(2,3)4)25-23(27)21-7-5-19(6-8-21)17-31(28,29)26-13-15-30-16-14-26/h5-12,18H,13-17H2,1-4H3,(H,25,27)/t18-/m1/s1. The van der Waals surface area contributed by atoms with E-state index in [0.29, 0.717) is 37.4 Å². The molecule has 1 aliphatic heterocycles. The molecule has 0 saturated carbocycles. The van der Waals surface area contributed by atoms with Crippen molar-refractivity contribution in [1.29, 1.82) is 0 Å². The fourth-order valence-corrected chi connectivity index (χ4v) is 5.02. The molecule has 168 valence electrons. The molecule has 2 aromatic rings. The first-order valence-electron chi connectivity index (χ1n) is 10.6. The number of ether oxygens (including phenoxy) is 1. The summed E-state index contributed by atoms with van der Waals surface area (Å²) in [6.07, 6.45) is 0. The molecule has 0 aliphatic carbocycles. The van der Waals surface area contributed by atoms with Gasteiger partial charge in [0.1, 0.15) is 0 Å². The van der Waals surface area contributed by atoms with E-state index in [1.54, 1.807) is 24.3 Å². The minimum Gasteiger partial charge on any atom is -0.379 e. The van der Waals surface area contributed by atoms with Gasteiger partial charge < -0.3 is 10.1 Å². The van der Waals surface area contributed by atoms with Crippen molar-refractivity contribution in [2.45, 2.75) is 44.9 Å². The van der Waals surface area contributed by atoms with Crippen molar-refractivity contribution in [2.75, 3.05) is 26.3 Å². The predicted molar refractivity (Wildman–Crippen MR) is 122 cm³/mol. The van der Waals surface area contributed by atoms with Crippen molar-refractivity contribution in [3.05, 3.63) is 70.8 Å². The molecule has 6 nitrogen and oxygen atoms in total. The van der Waals surface area contributed by atoms with Crippen LogP contribution in [0, 0.1) is 0 Å². The van der Waals surface area contributed by atoms with Crippen molar-refractivity contribution in [3.63, 3.8) is 0 Å². The van der Waals surface area contributed by atoms with Gasteiger partial charge in [-0.3, -0.25) is 4.79 Å². The van der Waals surface area contributed by atoms with Gasteiger partial charge in [-0.1, -0.05) is 57.2 Å². The number of hydrogen-bond donors (Lipinski definition) is 1. The topological polar surface area (TPSA) is 75.7 Å². The highest BCUT2D eigenvalue weighted by Gasteiger charge is 2.24. The first kappa shape index (κ1) is 23.4. The monoisotopic (exact) mass is 444 g/mol. The number of nitrogens with one attached hydrogen (secondary N) is 1. The van der Waals surface area contributed by atoms with E-state index >= 15 is 0 Å². The number of carbonyl (C=O) groups is 1. The summed E-state index contributed by atoms with van der Waals surface area (Å²) >= 11 is 0. The van der Waals surface area contributed by atoms with Gasteiger partial charge in [-0.05, 0) is 41.2 Å². The minimum absolute atomic E-state index is 0.0779. The molecule has 0 unspecified atom stereocenters. The number of amides is 1. The van der Waals surface area contributed by atoms with Crippen LogP contribution >= 0.6 is 0 Å². The summed E-state index contributed by atoms with van der Waals surface area (Å²) < 4.78 is 31.8. The van der Waals surface area contributed by atoms with E-state index in [1.165, 1.54) is 9.87 Å². The number of morpholine rings is 1. The lowest BCUT2D eigenvalue weighted by Crippen LogP contribution is -2.41. The first-order chi connectivity index (χ1) is 14.6. The fourth-order valence-electron chi connectivity index (χ4n) is 3.51. The summed E-state index contributed by atoms with van der Waals surface area (Å²) in [4.78, 5) is 12.6. The Kier molecular flexibility index (Phi) is 7.19. The number of benzene rings is 2. The van der Waals surface area contributed by atoms with E-state index in [1.807, 2.05) is 19.1 Å². The number of carbonyl (C=O) groups excluding carboxylic acids is 1. The maximum atomic E-state index is 12.6. The van der Waals surface area contributed by atoms with Crippen LogP contribution in [0.5, 0.6) is 0 Å². The van der Waals surface area contributed by atoms with Crippen LogP contribution in [0.4, 0.5) is 0 Å².